The quantitative estimate of drug-likeness (QED) is 0.854. The molecule has 1 unspecified atom stereocenters. The Balaban J connectivity index is 2.11. The fourth-order valence-corrected chi connectivity index (χ4v) is 2.42. The first-order valence-electron chi connectivity index (χ1n) is 5.87. The van der Waals surface area contributed by atoms with E-state index in [1.54, 1.807) is 7.11 Å². The van der Waals surface area contributed by atoms with Gasteiger partial charge >= 0.3 is 0 Å². The number of primary amides is 1. The molecule has 17 heavy (non-hydrogen) atoms. The molecule has 4 nitrogen and oxygen atoms in total. The second-order valence-corrected chi connectivity index (χ2v) is 4.37. The molecule has 92 valence electrons. The van der Waals surface area contributed by atoms with Crippen LogP contribution < -0.4 is 10.5 Å². The van der Waals surface area contributed by atoms with Crippen molar-refractivity contribution in [3.05, 3.63) is 29.8 Å². The zero-order chi connectivity index (χ0) is 12.3. The van der Waals surface area contributed by atoms with Crippen molar-refractivity contribution in [3.63, 3.8) is 0 Å². The molecule has 2 N–H and O–H groups in total. The standard InChI is InChI=1S/C13H18N2O2/c1-17-11-6-4-10(5-7-11)12-3-2-8-15(12)9-13(14)16/h4-7,12H,2-3,8-9H2,1H3,(H2,14,16). The van der Waals surface area contributed by atoms with E-state index < -0.39 is 0 Å². The number of likely N-dealkylation sites (tertiary alicyclic amines) is 1. The van der Waals surface area contributed by atoms with Gasteiger partial charge in [0.25, 0.3) is 0 Å². The molecule has 0 radical (unpaired) electrons. The Hall–Kier alpha value is -1.55. The van der Waals surface area contributed by atoms with Crippen LogP contribution in [0.25, 0.3) is 0 Å². The van der Waals surface area contributed by atoms with E-state index in [4.69, 9.17) is 10.5 Å². The summed E-state index contributed by atoms with van der Waals surface area (Å²) in [6.45, 7) is 1.29. The summed E-state index contributed by atoms with van der Waals surface area (Å²) < 4.78 is 5.14. The summed E-state index contributed by atoms with van der Waals surface area (Å²) in [5.41, 5.74) is 6.48. The first-order valence-corrected chi connectivity index (χ1v) is 5.87. The number of rotatable bonds is 4. The predicted molar refractivity (Wildman–Crippen MR) is 65.7 cm³/mol. The number of ether oxygens (including phenoxy) is 1. The molecule has 1 aromatic carbocycles. The van der Waals surface area contributed by atoms with Crippen molar-refractivity contribution in [2.45, 2.75) is 18.9 Å². The average Bonchev–Trinajstić information content (AvgIpc) is 2.76. The van der Waals surface area contributed by atoms with Crippen LogP contribution in [-0.4, -0.2) is 31.0 Å². The minimum atomic E-state index is -0.259. The summed E-state index contributed by atoms with van der Waals surface area (Å²) in [6, 6.07) is 8.34. The third-order valence-corrected chi connectivity index (χ3v) is 3.22. The van der Waals surface area contributed by atoms with Crippen molar-refractivity contribution in [1.29, 1.82) is 0 Å². The molecule has 0 aliphatic carbocycles. The minimum absolute atomic E-state index is 0.259. The summed E-state index contributed by atoms with van der Waals surface area (Å²) >= 11 is 0. The largest absolute Gasteiger partial charge is 0.497 e. The Morgan fingerprint density at radius 1 is 1.47 bits per heavy atom. The lowest BCUT2D eigenvalue weighted by Gasteiger charge is -2.23. The molecular weight excluding hydrogens is 216 g/mol. The van der Waals surface area contributed by atoms with Gasteiger partial charge in [0.05, 0.1) is 13.7 Å². The van der Waals surface area contributed by atoms with Gasteiger partial charge in [-0.25, -0.2) is 0 Å². The van der Waals surface area contributed by atoms with E-state index in [0.717, 1.165) is 25.1 Å². The molecule has 1 saturated heterocycles. The highest BCUT2D eigenvalue weighted by molar-refractivity contribution is 5.76. The zero-order valence-corrected chi connectivity index (χ0v) is 10.1. The van der Waals surface area contributed by atoms with Crippen molar-refractivity contribution in [1.82, 2.24) is 4.90 Å². The lowest BCUT2D eigenvalue weighted by atomic mass is 10.0. The second kappa shape index (κ2) is 5.19. The van der Waals surface area contributed by atoms with Crippen molar-refractivity contribution in [2.24, 2.45) is 5.73 Å². The van der Waals surface area contributed by atoms with Crippen LogP contribution in [-0.2, 0) is 4.79 Å². The lowest BCUT2D eigenvalue weighted by molar-refractivity contribution is -0.119. The Labute approximate surface area is 101 Å². The van der Waals surface area contributed by atoms with E-state index in [1.165, 1.54) is 5.56 Å². The third-order valence-electron chi connectivity index (χ3n) is 3.22. The molecule has 1 atom stereocenters. The average molecular weight is 234 g/mol. The molecular formula is C13H18N2O2. The van der Waals surface area contributed by atoms with Crippen LogP contribution in [0.3, 0.4) is 0 Å². The summed E-state index contributed by atoms with van der Waals surface area (Å²) in [5, 5.41) is 0. The normalized spacial score (nSPS) is 20.4. The molecule has 4 heteroatoms. The monoisotopic (exact) mass is 234 g/mol. The van der Waals surface area contributed by atoms with Crippen molar-refractivity contribution >= 4 is 5.91 Å². The van der Waals surface area contributed by atoms with E-state index in [0.29, 0.717) is 12.6 Å². The number of hydrogen-bond acceptors (Lipinski definition) is 3. The maximum atomic E-state index is 11.0. The number of benzene rings is 1. The van der Waals surface area contributed by atoms with Crippen LogP contribution >= 0.6 is 0 Å². The highest BCUT2D eigenvalue weighted by Gasteiger charge is 2.26. The van der Waals surface area contributed by atoms with E-state index in [2.05, 4.69) is 17.0 Å². The predicted octanol–water partition coefficient (Wildman–Crippen LogP) is 1.32. The first-order chi connectivity index (χ1) is 8.20. The molecule has 0 spiro atoms. The van der Waals surface area contributed by atoms with Gasteiger partial charge in [0.15, 0.2) is 0 Å². The summed E-state index contributed by atoms with van der Waals surface area (Å²) in [4.78, 5) is 13.1. The van der Waals surface area contributed by atoms with Crippen LogP contribution in [0.1, 0.15) is 24.4 Å². The van der Waals surface area contributed by atoms with Gasteiger partial charge in [-0.2, -0.15) is 0 Å². The molecule has 1 fully saturated rings. The highest BCUT2D eigenvalue weighted by Crippen LogP contribution is 2.32. The highest BCUT2D eigenvalue weighted by atomic mass is 16.5. The fourth-order valence-electron chi connectivity index (χ4n) is 2.42. The molecule has 1 aromatic rings. The van der Waals surface area contributed by atoms with E-state index in [1.807, 2.05) is 12.1 Å². The number of methoxy groups -OCH3 is 1. The van der Waals surface area contributed by atoms with E-state index in [-0.39, 0.29) is 5.91 Å². The Kier molecular flexibility index (Phi) is 3.64. The molecule has 2 rings (SSSR count). The van der Waals surface area contributed by atoms with E-state index in [9.17, 15) is 4.79 Å². The van der Waals surface area contributed by atoms with Gasteiger partial charge in [-0.15, -0.1) is 0 Å². The molecule has 0 saturated carbocycles. The van der Waals surface area contributed by atoms with Gasteiger partial charge in [-0.1, -0.05) is 12.1 Å². The maximum absolute atomic E-state index is 11.0. The molecule has 1 amide bonds. The van der Waals surface area contributed by atoms with Crippen LogP contribution in [0.2, 0.25) is 0 Å². The molecule has 1 heterocycles. The van der Waals surface area contributed by atoms with E-state index >= 15 is 0 Å². The van der Waals surface area contributed by atoms with Crippen molar-refractivity contribution in [2.75, 3.05) is 20.2 Å². The number of nitrogens with two attached hydrogens (primary N) is 1. The Morgan fingerprint density at radius 3 is 2.76 bits per heavy atom. The zero-order valence-electron chi connectivity index (χ0n) is 10.1. The molecule has 0 bridgehead atoms. The maximum Gasteiger partial charge on any atom is 0.231 e. The second-order valence-electron chi connectivity index (χ2n) is 4.37. The van der Waals surface area contributed by atoms with Crippen LogP contribution in [0.5, 0.6) is 5.75 Å². The SMILES string of the molecule is COc1ccc(C2CCCN2CC(N)=O)cc1. The molecule has 1 aliphatic heterocycles. The third kappa shape index (κ3) is 2.77. The Bertz CT molecular complexity index is 389. The Morgan fingerprint density at radius 2 is 2.18 bits per heavy atom. The van der Waals surface area contributed by atoms with Gasteiger partial charge < -0.3 is 10.5 Å². The molecule has 0 aromatic heterocycles. The van der Waals surface area contributed by atoms with Gasteiger partial charge in [0, 0.05) is 6.04 Å². The van der Waals surface area contributed by atoms with Gasteiger partial charge in [-0.3, -0.25) is 9.69 Å². The number of carbonyl (C=O) groups is 1. The molecule has 1 aliphatic rings. The number of nitrogens with zero attached hydrogens (tertiary/aromatic N) is 1. The van der Waals surface area contributed by atoms with Gasteiger partial charge in [-0.05, 0) is 37.1 Å². The minimum Gasteiger partial charge on any atom is -0.497 e. The van der Waals surface area contributed by atoms with Crippen LogP contribution in [0.4, 0.5) is 0 Å². The van der Waals surface area contributed by atoms with Crippen LogP contribution in [0, 0.1) is 0 Å². The van der Waals surface area contributed by atoms with Crippen LogP contribution in [0.15, 0.2) is 24.3 Å². The first kappa shape index (κ1) is 11.9. The number of carbonyl (C=O) groups excluding carboxylic acids is 1. The number of amides is 1. The topological polar surface area (TPSA) is 55.6 Å². The summed E-state index contributed by atoms with van der Waals surface area (Å²) in [5.74, 6) is 0.596. The summed E-state index contributed by atoms with van der Waals surface area (Å²) in [7, 11) is 1.66. The fraction of sp³-hybridized carbons (Fsp3) is 0.462. The van der Waals surface area contributed by atoms with Crippen molar-refractivity contribution in [3.8, 4) is 5.75 Å². The summed E-state index contributed by atoms with van der Waals surface area (Å²) in [6.07, 6.45) is 2.20. The number of hydrogen-bond donors (Lipinski definition) is 1. The van der Waals surface area contributed by atoms with Gasteiger partial charge in [0.2, 0.25) is 5.91 Å². The lowest BCUT2D eigenvalue weighted by Crippen LogP contribution is -2.33. The smallest absolute Gasteiger partial charge is 0.231 e. The van der Waals surface area contributed by atoms with Gasteiger partial charge in [0.1, 0.15) is 5.75 Å². The van der Waals surface area contributed by atoms with Crippen molar-refractivity contribution < 1.29 is 9.53 Å².